The zero-order valence-corrected chi connectivity index (χ0v) is 18.2. The van der Waals surface area contributed by atoms with Crippen LogP contribution in [0.15, 0.2) is 28.8 Å². The molecule has 3 rings (SSSR count). The van der Waals surface area contributed by atoms with Gasteiger partial charge in [-0.3, -0.25) is 9.69 Å². The van der Waals surface area contributed by atoms with Crippen LogP contribution in [0.2, 0.25) is 0 Å². The summed E-state index contributed by atoms with van der Waals surface area (Å²) >= 11 is 0. The van der Waals surface area contributed by atoms with E-state index >= 15 is 0 Å². The summed E-state index contributed by atoms with van der Waals surface area (Å²) in [6.07, 6.45) is 2.34. The minimum absolute atomic E-state index is 0.0604. The van der Waals surface area contributed by atoms with Crippen molar-refractivity contribution in [2.75, 3.05) is 26.7 Å². The predicted octanol–water partition coefficient (Wildman–Crippen LogP) is 4.32. The molecule has 1 unspecified atom stereocenters. The van der Waals surface area contributed by atoms with Crippen LogP contribution in [0, 0.1) is 12.8 Å². The number of carbonyl (C=O) groups is 1. The topological polar surface area (TPSA) is 67.6 Å². The predicted molar refractivity (Wildman–Crippen MR) is 113 cm³/mol. The highest BCUT2D eigenvalue weighted by Crippen LogP contribution is 2.32. The molecule has 2 heterocycles. The van der Waals surface area contributed by atoms with E-state index in [0.717, 1.165) is 30.3 Å². The number of aryl methyl sites for hydroxylation is 1. The van der Waals surface area contributed by atoms with Crippen molar-refractivity contribution >= 4 is 5.91 Å². The van der Waals surface area contributed by atoms with Crippen molar-refractivity contribution < 1.29 is 14.1 Å². The molecule has 1 N–H and O–H groups in total. The molecule has 1 aliphatic heterocycles. The van der Waals surface area contributed by atoms with Crippen molar-refractivity contribution in [3.8, 4) is 5.75 Å². The maximum atomic E-state index is 13.0. The fraction of sp³-hybridized carbons (Fsp3) is 0.565. The number of nitrogens with one attached hydrogen (secondary N) is 1. The molecule has 1 saturated heterocycles. The Bertz CT molecular complexity index is 823. The van der Waals surface area contributed by atoms with E-state index in [1.54, 1.807) is 7.11 Å². The van der Waals surface area contributed by atoms with Crippen LogP contribution in [0.5, 0.6) is 5.75 Å². The summed E-state index contributed by atoms with van der Waals surface area (Å²) in [6, 6.07) is 8.15. The summed E-state index contributed by atoms with van der Waals surface area (Å²) in [6.45, 7) is 10.7. The van der Waals surface area contributed by atoms with Crippen molar-refractivity contribution in [1.29, 1.82) is 0 Å². The SMILES string of the molecule is COc1ccccc1C(CNC(=O)c1c(C)noc1C(C)C)N1CCC(C)CC1. The van der Waals surface area contributed by atoms with Gasteiger partial charge < -0.3 is 14.6 Å². The van der Waals surface area contributed by atoms with E-state index in [2.05, 4.69) is 28.4 Å². The number of carbonyl (C=O) groups excluding carboxylic acids is 1. The maximum absolute atomic E-state index is 13.0. The van der Waals surface area contributed by atoms with Gasteiger partial charge in [0.15, 0.2) is 5.76 Å². The Balaban J connectivity index is 1.82. The Morgan fingerprint density at radius 2 is 2.00 bits per heavy atom. The van der Waals surface area contributed by atoms with E-state index in [1.807, 2.05) is 39.0 Å². The molecule has 2 aromatic rings. The molecule has 1 atom stereocenters. The van der Waals surface area contributed by atoms with Crippen molar-refractivity contribution in [1.82, 2.24) is 15.4 Å². The highest BCUT2D eigenvalue weighted by Gasteiger charge is 2.29. The van der Waals surface area contributed by atoms with Crippen LogP contribution >= 0.6 is 0 Å². The summed E-state index contributed by atoms with van der Waals surface area (Å²) in [5.41, 5.74) is 2.30. The second kappa shape index (κ2) is 9.44. The summed E-state index contributed by atoms with van der Waals surface area (Å²) in [5, 5.41) is 7.15. The van der Waals surface area contributed by atoms with Crippen molar-refractivity contribution in [2.45, 2.75) is 52.5 Å². The summed E-state index contributed by atoms with van der Waals surface area (Å²) in [5.74, 6) is 2.21. The monoisotopic (exact) mass is 399 g/mol. The van der Waals surface area contributed by atoms with E-state index in [9.17, 15) is 4.79 Å². The van der Waals surface area contributed by atoms with Gasteiger partial charge in [0.2, 0.25) is 0 Å². The number of benzene rings is 1. The maximum Gasteiger partial charge on any atom is 0.256 e. The number of piperidine rings is 1. The average molecular weight is 400 g/mol. The minimum Gasteiger partial charge on any atom is -0.496 e. The number of aromatic nitrogens is 1. The van der Waals surface area contributed by atoms with Gasteiger partial charge in [-0.2, -0.15) is 0 Å². The Morgan fingerprint density at radius 3 is 2.66 bits per heavy atom. The fourth-order valence-electron chi connectivity index (χ4n) is 4.05. The van der Waals surface area contributed by atoms with Crippen molar-refractivity contribution in [2.24, 2.45) is 5.92 Å². The molecule has 158 valence electrons. The van der Waals surface area contributed by atoms with Crippen LogP contribution in [-0.2, 0) is 0 Å². The van der Waals surface area contributed by atoms with Crippen molar-refractivity contribution in [3.63, 3.8) is 0 Å². The number of nitrogens with zero attached hydrogens (tertiary/aromatic N) is 2. The number of rotatable bonds is 7. The van der Waals surface area contributed by atoms with Gasteiger partial charge in [-0.25, -0.2) is 0 Å². The van der Waals surface area contributed by atoms with Gasteiger partial charge in [0.1, 0.15) is 11.3 Å². The third kappa shape index (κ3) is 4.81. The van der Waals surface area contributed by atoms with Gasteiger partial charge in [0.25, 0.3) is 5.91 Å². The first kappa shape index (κ1) is 21.4. The second-order valence-corrected chi connectivity index (χ2v) is 8.35. The minimum atomic E-state index is -0.127. The molecule has 1 amide bonds. The number of para-hydroxylation sites is 1. The number of hydrogen-bond acceptors (Lipinski definition) is 5. The van der Waals surface area contributed by atoms with E-state index < -0.39 is 0 Å². The molecule has 0 bridgehead atoms. The number of likely N-dealkylation sites (tertiary alicyclic amines) is 1. The largest absolute Gasteiger partial charge is 0.496 e. The molecule has 0 radical (unpaired) electrons. The third-order valence-electron chi connectivity index (χ3n) is 5.85. The van der Waals surface area contributed by atoms with Gasteiger partial charge in [-0.1, -0.05) is 44.1 Å². The average Bonchev–Trinajstić information content (AvgIpc) is 3.11. The lowest BCUT2D eigenvalue weighted by Crippen LogP contribution is -2.42. The van der Waals surface area contributed by atoms with Gasteiger partial charge in [-0.15, -0.1) is 0 Å². The zero-order valence-electron chi connectivity index (χ0n) is 18.2. The van der Waals surface area contributed by atoms with Gasteiger partial charge >= 0.3 is 0 Å². The molecule has 0 aliphatic carbocycles. The van der Waals surface area contributed by atoms with E-state index in [-0.39, 0.29) is 17.9 Å². The molecule has 1 aliphatic rings. The molecule has 6 heteroatoms. The molecule has 0 spiro atoms. The number of hydrogen-bond donors (Lipinski definition) is 1. The number of ether oxygens (including phenoxy) is 1. The summed E-state index contributed by atoms with van der Waals surface area (Å²) < 4.78 is 11.0. The molecular weight excluding hydrogens is 366 g/mol. The van der Waals surface area contributed by atoms with E-state index in [4.69, 9.17) is 9.26 Å². The van der Waals surface area contributed by atoms with Crippen LogP contribution in [0.4, 0.5) is 0 Å². The molecule has 1 fully saturated rings. The number of methoxy groups -OCH3 is 1. The van der Waals surface area contributed by atoms with Crippen LogP contribution in [0.3, 0.4) is 0 Å². The van der Waals surface area contributed by atoms with Gasteiger partial charge in [-0.05, 0) is 44.8 Å². The summed E-state index contributed by atoms with van der Waals surface area (Å²) in [4.78, 5) is 15.5. The van der Waals surface area contributed by atoms with E-state index in [0.29, 0.717) is 23.6 Å². The Morgan fingerprint density at radius 1 is 1.31 bits per heavy atom. The summed E-state index contributed by atoms with van der Waals surface area (Å²) in [7, 11) is 1.70. The Labute approximate surface area is 173 Å². The standard InChI is InChI=1S/C23H33N3O3/c1-15(2)22-21(17(4)25-29-22)23(27)24-14-19(26-12-10-16(3)11-13-26)18-8-6-7-9-20(18)28-5/h6-9,15-16,19H,10-14H2,1-5H3,(H,24,27). The Hall–Kier alpha value is -2.34. The first-order valence-corrected chi connectivity index (χ1v) is 10.5. The molecule has 1 aromatic carbocycles. The molecule has 6 nitrogen and oxygen atoms in total. The Kier molecular flexibility index (Phi) is 6.96. The smallest absolute Gasteiger partial charge is 0.256 e. The van der Waals surface area contributed by atoms with Crippen molar-refractivity contribution in [3.05, 3.63) is 46.8 Å². The third-order valence-corrected chi connectivity index (χ3v) is 5.85. The van der Waals surface area contributed by atoms with Crippen LogP contribution < -0.4 is 10.1 Å². The molecular formula is C23H33N3O3. The fourth-order valence-corrected chi connectivity index (χ4v) is 4.05. The lowest BCUT2D eigenvalue weighted by molar-refractivity contribution is 0.0908. The van der Waals surface area contributed by atoms with Gasteiger partial charge in [0, 0.05) is 18.0 Å². The second-order valence-electron chi connectivity index (χ2n) is 8.35. The highest BCUT2D eigenvalue weighted by atomic mass is 16.5. The first-order chi connectivity index (χ1) is 13.9. The quantitative estimate of drug-likeness (QED) is 0.751. The zero-order chi connectivity index (χ0) is 21.0. The van der Waals surface area contributed by atoms with Crippen LogP contribution in [0.1, 0.15) is 72.9 Å². The van der Waals surface area contributed by atoms with E-state index in [1.165, 1.54) is 12.8 Å². The highest BCUT2D eigenvalue weighted by molar-refractivity contribution is 5.96. The molecule has 1 aromatic heterocycles. The van der Waals surface area contributed by atoms with Gasteiger partial charge in [0.05, 0.1) is 18.8 Å². The molecule has 29 heavy (non-hydrogen) atoms. The lowest BCUT2D eigenvalue weighted by atomic mass is 9.95. The number of amides is 1. The lowest BCUT2D eigenvalue weighted by Gasteiger charge is -2.37. The van der Waals surface area contributed by atoms with Crippen LogP contribution in [-0.4, -0.2) is 42.7 Å². The normalized spacial score (nSPS) is 16.8. The first-order valence-electron chi connectivity index (χ1n) is 10.5. The molecule has 0 saturated carbocycles. The van der Waals surface area contributed by atoms with Crippen LogP contribution in [0.25, 0.3) is 0 Å².